The Balaban J connectivity index is 2.03. The highest BCUT2D eigenvalue weighted by Crippen LogP contribution is 2.26. The normalized spacial score (nSPS) is 11.8. The minimum absolute atomic E-state index is 0.170. The number of aromatic carboxylic acids is 1. The number of benzene rings is 2. The Bertz CT molecular complexity index is 722. The molecule has 5 heteroatoms. The van der Waals surface area contributed by atoms with Crippen molar-refractivity contribution in [3.8, 4) is 5.75 Å². The Morgan fingerprint density at radius 2 is 1.62 bits per heavy atom. The monoisotopic (exact) mass is 327 g/mol. The smallest absolute Gasteiger partial charge is 0.335 e. The van der Waals surface area contributed by atoms with Crippen LogP contribution in [0.5, 0.6) is 5.75 Å². The molecule has 2 rings (SSSR count). The summed E-state index contributed by atoms with van der Waals surface area (Å²) < 4.78 is 5.80. The third kappa shape index (κ3) is 4.35. The standard InChI is InChI=1S/C19H21NO4/c1-12(2)16-6-4-5-7-17(16)24-13(3)18(21)20-15-10-8-14(9-11-15)19(22)23/h4-13H,1-3H3,(H,20,21)(H,22,23)/t13-/m0/s1. The van der Waals surface area contributed by atoms with Gasteiger partial charge in [0.1, 0.15) is 5.75 Å². The van der Waals surface area contributed by atoms with Crippen LogP contribution in [0.25, 0.3) is 0 Å². The summed E-state index contributed by atoms with van der Waals surface area (Å²) in [5.74, 6) is -0.317. The molecule has 5 nitrogen and oxygen atoms in total. The highest BCUT2D eigenvalue weighted by atomic mass is 16.5. The first-order chi connectivity index (χ1) is 11.4. The second kappa shape index (κ2) is 7.64. The Morgan fingerprint density at radius 1 is 1.00 bits per heavy atom. The van der Waals surface area contributed by atoms with Crippen LogP contribution in [0.3, 0.4) is 0 Å². The van der Waals surface area contributed by atoms with Crippen molar-refractivity contribution in [1.82, 2.24) is 0 Å². The summed E-state index contributed by atoms with van der Waals surface area (Å²) in [6, 6.07) is 13.6. The van der Waals surface area contributed by atoms with E-state index in [0.717, 1.165) is 5.56 Å². The first-order valence-corrected chi connectivity index (χ1v) is 7.78. The maximum Gasteiger partial charge on any atom is 0.335 e. The second-order valence-electron chi connectivity index (χ2n) is 5.82. The lowest BCUT2D eigenvalue weighted by molar-refractivity contribution is -0.122. The van der Waals surface area contributed by atoms with Gasteiger partial charge in [0, 0.05) is 5.69 Å². The molecule has 126 valence electrons. The largest absolute Gasteiger partial charge is 0.481 e. The first-order valence-electron chi connectivity index (χ1n) is 7.78. The number of rotatable bonds is 6. The molecule has 1 atom stereocenters. The maximum absolute atomic E-state index is 12.3. The first kappa shape index (κ1) is 17.5. The number of carboxylic acid groups (broad SMARTS) is 1. The summed E-state index contributed by atoms with van der Waals surface area (Å²) in [5.41, 5.74) is 1.74. The Kier molecular flexibility index (Phi) is 5.58. The average Bonchev–Trinajstić information content (AvgIpc) is 2.55. The van der Waals surface area contributed by atoms with Crippen molar-refractivity contribution in [1.29, 1.82) is 0 Å². The van der Waals surface area contributed by atoms with Crippen LogP contribution in [-0.4, -0.2) is 23.1 Å². The predicted molar refractivity (Wildman–Crippen MR) is 92.7 cm³/mol. The molecule has 0 heterocycles. The summed E-state index contributed by atoms with van der Waals surface area (Å²) >= 11 is 0. The number of amides is 1. The minimum Gasteiger partial charge on any atom is -0.481 e. The number of carboxylic acids is 1. The molecule has 0 fully saturated rings. The lowest BCUT2D eigenvalue weighted by Gasteiger charge is -2.18. The fourth-order valence-electron chi connectivity index (χ4n) is 2.25. The summed E-state index contributed by atoms with van der Waals surface area (Å²) in [6.45, 7) is 5.81. The second-order valence-corrected chi connectivity index (χ2v) is 5.82. The number of carbonyl (C=O) groups is 2. The van der Waals surface area contributed by atoms with E-state index in [-0.39, 0.29) is 11.5 Å². The lowest BCUT2D eigenvalue weighted by Crippen LogP contribution is -2.30. The summed E-state index contributed by atoms with van der Waals surface area (Å²) in [4.78, 5) is 23.1. The molecule has 0 aromatic heterocycles. The van der Waals surface area contributed by atoms with Gasteiger partial charge in [-0.05, 0) is 48.7 Å². The molecule has 0 aliphatic rings. The fourth-order valence-corrected chi connectivity index (χ4v) is 2.25. The molecule has 0 saturated heterocycles. The van der Waals surface area contributed by atoms with Gasteiger partial charge in [-0.3, -0.25) is 4.79 Å². The van der Waals surface area contributed by atoms with Gasteiger partial charge in [0.25, 0.3) is 5.91 Å². The molecule has 2 N–H and O–H groups in total. The maximum atomic E-state index is 12.3. The minimum atomic E-state index is -1.00. The highest BCUT2D eigenvalue weighted by molar-refractivity contribution is 5.95. The van der Waals surface area contributed by atoms with Gasteiger partial charge in [-0.15, -0.1) is 0 Å². The van der Waals surface area contributed by atoms with Gasteiger partial charge in [0.15, 0.2) is 6.10 Å². The van der Waals surface area contributed by atoms with Crippen molar-refractivity contribution < 1.29 is 19.4 Å². The average molecular weight is 327 g/mol. The molecule has 0 spiro atoms. The number of hydrogen-bond donors (Lipinski definition) is 2. The number of hydrogen-bond acceptors (Lipinski definition) is 3. The zero-order chi connectivity index (χ0) is 17.7. The molecule has 1 amide bonds. The summed E-state index contributed by atoms with van der Waals surface area (Å²) in [6.07, 6.45) is -0.677. The zero-order valence-corrected chi connectivity index (χ0v) is 13.9. The molecule has 0 aliphatic heterocycles. The molecule has 24 heavy (non-hydrogen) atoms. The van der Waals surface area contributed by atoms with Crippen molar-refractivity contribution in [2.75, 3.05) is 5.32 Å². The van der Waals surface area contributed by atoms with E-state index in [1.165, 1.54) is 12.1 Å². The van der Waals surface area contributed by atoms with E-state index in [1.807, 2.05) is 24.3 Å². The Labute approximate surface area is 141 Å². The van der Waals surface area contributed by atoms with Gasteiger partial charge in [-0.1, -0.05) is 32.0 Å². The topological polar surface area (TPSA) is 75.6 Å². The van der Waals surface area contributed by atoms with Crippen LogP contribution >= 0.6 is 0 Å². The van der Waals surface area contributed by atoms with Crippen LogP contribution in [0.1, 0.15) is 42.6 Å². The van der Waals surface area contributed by atoms with Crippen molar-refractivity contribution >= 4 is 17.6 Å². The SMILES string of the molecule is CC(C)c1ccccc1O[C@@H](C)C(=O)Nc1ccc(C(=O)O)cc1. The fraction of sp³-hybridized carbons (Fsp3) is 0.263. The number of carbonyl (C=O) groups excluding carboxylic acids is 1. The molecule has 2 aromatic carbocycles. The summed E-state index contributed by atoms with van der Waals surface area (Å²) in [7, 11) is 0. The molecule has 0 saturated carbocycles. The van der Waals surface area contributed by atoms with E-state index in [0.29, 0.717) is 17.4 Å². The summed E-state index contributed by atoms with van der Waals surface area (Å²) in [5, 5.41) is 11.6. The van der Waals surface area contributed by atoms with E-state index in [4.69, 9.17) is 9.84 Å². The Morgan fingerprint density at radius 3 is 2.21 bits per heavy atom. The highest BCUT2D eigenvalue weighted by Gasteiger charge is 2.17. The molecular weight excluding hydrogens is 306 g/mol. The van der Waals surface area contributed by atoms with Crippen molar-refractivity contribution in [3.05, 3.63) is 59.7 Å². The van der Waals surface area contributed by atoms with Gasteiger partial charge in [0.05, 0.1) is 5.56 Å². The molecule has 2 aromatic rings. The molecule has 0 bridgehead atoms. The van der Waals surface area contributed by atoms with Crippen molar-refractivity contribution in [2.45, 2.75) is 32.8 Å². The molecular formula is C19H21NO4. The van der Waals surface area contributed by atoms with Crippen LogP contribution in [0.15, 0.2) is 48.5 Å². The lowest BCUT2D eigenvalue weighted by atomic mass is 10.0. The Hall–Kier alpha value is -2.82. The van der Waals surface area contributed by atoms with Gasteiger partial charge in [-0.2, -0.15) is 0 Å². The van der Waals surface area contributed by atoms with E-state index in [2.05, 4.69) is 19.2 Å². The molecule has 0 radical (unpaired) electrons. The zero-order valence-electron chi connectivity index (χ0n) is 13.9. The number of anilines is 1. The number of para-hydroxylation sites is 1. The van der Waals surface area contributed by atoms with Gasteiger partial charge in [0.2, 0.25) is 0 Å². The van der Waals surface area contributed by atoms with Crippen LogP contribution in [0, 0.1) is 0 Å². The predicted octanol–water partition coefficient (Wildman–Crippen LogP) is 3.91. The van der Waals surface area contributed by atoms with Crippen LogP contribution < -0.4 is 10.1 Å². The quantitative estimate of drug-likeness (QED) is 0.843. The van der Waals surface area contributed by atoms with Gasteiger partial charge < -0.3 is 15.2 Å². The van der Waals surface area contributed by atoms with Crippen LogP contribution in [0.4, 0.5) is 5.69 Å². The van der Waals surface area contributed by atoms with Gasteiger partial charge >= 0.3 is 5.97 Å². The third-order valence-electron chi connectivity index (χ3n) is 3.61. The van der Waals surface area contributed by atoms with E-state index in [1.54, 1.807) is 19.1 Å². The number of ether oxygens (including phenoxy) is 1. The van der Waals surface area contributed by atoms with E-state index >= 15 is 0 Å². The van der Waals surface area contributed by atoms with Crippen molar-refractivity contribution in [3.63, 3.8) is 0 Å². The third-order valence-corrected chi connectivity index (χ3v) is 3.61. The van der Waals surface area contributed by atoms with Crippen LogP contribution in [0.2, 0.25) is 0 Å². The molecule has 0 unspecified atom stereocenters. The van der Waals surface area contributed by atoms with Crippen LogP contribution in [-0.2, 0) is 4.79 Å². The van der Waals surface area contributed by atoms with E-state index in [9.17, 15) is 9.59 Å². The number of nitrogens with one attached hydrogen (secondary N) is 1. The van der Waals surface area contributed by atoms with Crippen molar-refractivity contribution in [2.24, 2.45) is 0 Å². The van der Waals surface area contributed by atoms with E-state index < -0.39 is 12.1 Å². The van der Waals surface area contributed by atoms with Gasteiger partial charge in [-0.25, -0.2) is 4.79 Å². The molecule has 0 aliphatic carbocycles.